The highest BCUT2D eigenvalue weighted by Gasteiger charge is 2.34. The molecule has 3 rings (SSSR count). The first-order valence-corrected chi connectivity index (χ1v) is 9.09. The Labute approximate surface area is 134 Å². The maximum absolute atomic E-state index is 13.8. The summed E-state index contributed by atoms with van der Waals surface area (Å²) in [6.07, 6.45) is 1.19. The van der Waals surface area contributed by atoms with E-state index in [1.54, 1.807) is 4.90 Å². The maximum Gasteiger partial charge on any atom is 0.251 e. The van der Waals surface area contributed by atoms with Crippen LogP contribution < -0.4 is 0 Å². The topological polar surface area (TPSA) is 66.9 Å². The van der Waals surface area contributed by atoms with E-state index in [4.69, 9.17) is 4.74 Å². The molecular formula is C15H19FN2O4S. The fourth-order valence-electron chi connectivity index (χ4n) is 2.92. The van der Waals surface area contributed by atoms with Gasteiger partial charge in [0.1, 0.15) is 16.8 Å². The summed E-state index contributed by atoms with van der Waals surface area (Å²) < 4.78 is 45.4. The zero-order valence-corrected chi connectivity index (χ0v) is 13.5. The molecule has 1 aromatic rings. The molecule has 0 bridgehead atoms. The molecule has 23 heavy (non-hydrogen) atoms. The Kier molecular flexibility index (Phi) is 4.65. The number of piperazine rings is 1. The van der Waals surface area contributed by atoms with Crippen molar-refractivity contribution in [2.24, 2.45) is 0 Å². The molecule has 2 aliphatic heterocycles. The van der Waals surface area contributed by atoms with Crippen molar-refractivity contribution in [2.45, 2.75) is 23.8 Å². The lowest BCUT2D eigenvalue weighted by Crippen LogP contribution is -2.52. The number of hydrogen-bond acceptors (Lipinski definition) is 4. The van der Waals surface area contributed by atoms with Gasteiger partial charge in [-0.25, -0.2) is 12.8 Å². The molecule has 1 atom stereocenters. The molecule has 1 unspecified atom stereocenters. The first kappa shape index (κ1) is 16.4. The van der Waals surface area contributed by atoms with Gasteiger partial charge in [0.15, 0.2) is 0 Å². The van der Waals surface area contributed by atoms with Gasteiger partial charge in [0.2, 0.25) is 10.0 Å². The number of amides is 1. The molecule has 0 aromatic heterocycles. The summed E-state index contributed by atoms with van der Waals surface area (Å²) in [6.45, 7) is 1.51. The lowest BCUT2D eigenvalue weighted by Gasteiger charge is -2.35. The smallest absolute Gasteiger partial charge is 0.251 e. The van der Waals surface area contributed by atoms with Gasteiger partial charge in [-0.05, 0) is 25.0 Å². The van der Waals surface area contributed by atoms with Crippen LogP contribution in [0.5, 0.6) is 0 Å². The van der Waals surface area contributed by atoms with Gasteiger partial charge in [-0.15, -0.1) is 0 Å². The van der Waals surface area contributed by atoms with E-state index in [0.717, 1.165) is 12.5 Å². The predicted molar refractivity (Wildman–Crippen MR) is 80.7 cm³/mol. The molecule has 0 saturated carbocycles. The molecule has 0 radical (unpaired) electrons. The number of rotatable bonds is 3. The zero-order valence-electron chi connectivity index (χ0n) is 12.7. The number of sulfonamides is 1. The van der Waals surface area contributed by atoms with Gasteiger partial charge in [0.25, 0.3) is 5.91 Å². The Morgan fingerprint density at radius 2 is 1.87 bits per heavy atom. The first-order chi connectivity index (χ1) is 11.0. The van der Waals surface area contributed by atoms with Crippen LogP contribution in [-0.2, 0) is 19.6 Å². The second-order valence-corrected chi connectivity index (χ2v) is 7.57. The fourth-order valence-corrected chi connectivity index (χ4v) is 4.41. The number of hydrogen-bond donors (Lipinski definition) is 0. The van der Waals surface area contributed by atoms with Crippen LogP contribution in [0.15, 0.2) is 29.2 Å². The summed E-state index contributed by atoms with van der Waals surface area (Å²) in [7, 11) is -3.87. The molecule has 2 fully saturated rings. The van der Waals surface area contributed by atoms with Crippen LogP contribution >= 0.6 is 0 Å². The first-order valence-electron chi connectivity index (χ1n) is 7.65. The maximum atomic E-state index is 13.8. The van der Waals surface area contributed by atoms with E-state index in [2.05, 4.69) is 0 Å². The van der Waals surface area contributed by atoms with Crippen LogP contribution in [0.4, 0.5) is 4.39 Å². The number of halogens is 1. The highest BCUT2D eigenvalue weighted by atomic mass is 32.2. The van der Waals surface area contributed by atoms with Gasteiger partial charge in [0.05, 0.1) is 0 Å². The quantitative estimate of drug-likeness (QED) is 0.816. The van der Waals surface area contributed by atoms with Gasteiger partial charge < -0.3 is 9.64 Å². The van der Waals surface area contributed by atoms with E-state index in [-0.39, 0.29) is 23.9 Å². The third-order valence-electron chi connectivity index (χ3n) is 4.21. The monoisotopic (exact) mass is 342 g/mol. The Bertz CT molecular complexity index is 680. The van der Waals surface area contributed by atoms with Crippen LogP contribution in [0.25, 0.3) is 0 Å². The normalized spacial score (nSPS) is 23.2. The van der Waals surface area contributed by atoms with E-state index < -0.39 is 21.9 Å². The van der Waals surface area contributed by atoms with Gasteiger partial charge in [-0.1, -0.05) is 12.1 Å². The molecule has 0 N–H and O–H groups in total. The van der Waals surface area contributed by atoms with Crippen molar-refractivity contribution < 1.29 is 22.3 Å². The summed E-state index contributed by atoms with van der Waals surface area (Å²) in [4.78, 5) is 13.6. The molecule has 1 aromatic carbocycles. The van der Waals surface area contributed by atoms with Crippen molar-refractivity contribution in [1.29, 1.82) is 0 Å². The van der Waals surface area contributed by atoms with Crippen molar-refractivity contribution in [3.05, 3.63) is 30.1 Å². The second kappa shape index (κ2) is 6.54. The molecule has 6 nitrogen and oxygen atoms in total. The third kappa shape index (κ3) is 3.24. The fraction of sp³-hybridized carbons (Fsp3) is 0.533. The average Bonchev–Trinajstić information content (AvgIpc) is 3.09. The van der Waals surface area contributed by atoms with Crippen LogP contribution in [-0.4, -0.2) is 62.4 Å². The highest BCUT2D eigenvalue weighted by molar-refractivity contribution is 7.89. The van der Waals surface area contributed by atoms with E-state index in [9.17, 15) is 17.6 Å². The van der Waals surface area contributed by atoms with Gasteiger partial charge in [0, 0.05) is 32.8 Å². The number of benzene rings is 1. The molecule has 2 saturated heterocycles. The highest BCUT2D eigenvalue weighted by Crippen LogP contribution is 2.21. The Morgan fingerprint density at radius 3 is 2.48 bits per heavy atom. The van der Waals surface area contributed by atoms with Crippen molar-refractivity contribution in [1.82, 2.24) is 9.21 Å². The largest absolute Gasteiger partial charge is 0.368 e. The third-order valence-corrected chi connectivity index (χ3v) is 6.14. The SMILES string of the molecule is O=C(C1CCCO1)N1CCN(S(=O)(=O)c2ccccc2F)CC1. The Morgan fingerprint density at radius 1 is 1.17 bits per heavy atom. The van der Waals surface area contributed by atoms with Crippen molar-refractivity contribution in [3.8, 4) is 0 Å². The summed E-state index contributed by atoms with van der Waals surface area (Å²) in [6, 6.07) is 5.33. The van der Waals surface area contributed by atoms with E-state index >= 15 is 0 Å². The number of carbonyl (C=O) groups is 1. The molecule has 126 valence electrons. The average molecular weight is 342 g/mol. The molecule has 0 aliphatic carbocycles. The summed E-state index contributed by atoms with van der Waals surface area (Å²) in [5.74, 6) is -0.837. The molecule has 0 spiro atoms. The lowest BCUT2D eigenvalue weighted by molar-refractivity contribution is -0.142. The van der Waals surface area contributed by atoms with Gasteiger partial charge >= 0.3 is 0 Å². The minimum Gasteiger partial charge on any atom is -0.368 e. The van der Waals surface area contributed by atoms with Crippen LogP contribution in [0.2, 0.25) is 0 Å². The summed E-state index contributed by atoms with van der Waals surface area (Å²) in [5.41, 5.74) is 0. The molecule has 1 amide bonds. The predicted octanol–water partition coefficient (Wildman–Crippen LogP) is 0.838. The zero-order chi connectivity index (χ0) is 16.4. The molecular weight excluding hydrogens is 323 g/mol. The Balaban J connectivity index is 1.66. The minimum absolute atomic E-state index is 0.0783. The van der Waals surface area contributed by atoms with Crippen molar-refractivity contribution in [2.75, 3.05) is 32.8 Å². The summed E-state index contributed by atoms with van der Waals surface area (Å²) in [5, 5.41) is 0. The van der Waals surface area contributed by atoms with E-state index in [1.165, 1.54) is 22.5 Å². The molecule has 2 heterocycles. The second-order valence-electron chi connectivity index (χ2n) is 5.66. The van der Waals surface area contributed by atoms with Gasteiger partial charge in [-0.3, -0.25) is 4.79 Å². The Hall–Kier alpha value is -1.51. The van der Waals surface area contributed by atoms with E-state index in [1.807, 2.05) is 0 Å². The van der Waals surface area contributed by atoms with Gasteiger partial charge in [-0.2, -0.15) is 4.31 Å². The number of nitrogens with zero attached hydrogens (tertiary/aromatic N) is 2. The number of carbonyl (C=O) groups excluding carboxylic acids is 1. The molecule has 2 aliphatic rings. The van der Waals surface area contributed by atoms with Crippen molar-refractivity contribution >= 4 is 15.9 Å². The van der Waals surface area contributed by atoms with Crippen LogP contribution in [0.3, 0.4) is 0 Å². The van der Waals surface area contributed by atoms with E-state index in [0.29, 0.717) is 26.1 Å². The number of ether oxygens (including phenoxy) is 1. The molecule has 8 heteroatoms. The lowest BCUT2D eigenvalue weighted by atomic mass is 10.2. The minimum atomic E-state index is -3.87. The standard InChI is InChI=1S/C15H19FN2O4S/c16-12-4-1-2-6-14(12)23(20,21)18-9-7-17(8-10-18)15(19)13-5-3-11-22-13/h1-2,4,6,13H,3,5,7-11H2. The van der Waals surface area contributed by atoms with Crippen LogP contribution in [0.1, 0.15) is 12.8 Å². The van der Waals surface area contributed by atoms with Crippen LogP contribution in [0, 0.1) is 5.82 Å². The van der Waals surface area contributed by atoms with Crippen molar-refractivity contribution in [3.63, 3.8) is 0 Å². The summed E-state index contributed by atoms with van der Waals surface area (Å²) >= 11 is 0.